The number of benzene rings is 2. The van der Waals surface area contributed by atoms with Gasteiger partial charge in [-0.3, -0.25) is 4.79 Å². The van der Waals surface area contributed by atoms with Crippen LogP contribution in [0.15, 0.2) is 36.4 Å². The van der Waals surface area contributed by atoms with Crippen LogP contribution in [0, 0.1) is 0 Å². The molecule has 1 aliphatic rings. The average Bonchev–Trinajstić information content (AvgIpc) is 2.58. The number of methoxy groups -OCH3 is 1. The van der Waals surface area contributed by atoms with Gasteiger partial charge in [-0.2, -0.15) is 0 Å². The Morgan fingerprint density at radius 2 is 2.04 bits per heavy atom. The Morgan fingerprint density at radius 1 is 1.29 bits per heavy atom. The smallest absolute Gasteiger partial charge is 0.257 e. The highest BCUT2D eigenvalue weighted by atomic mass is 35.5. The van der Waals surface area contributed by atoms with Gasteiger partial charge in [-0.05, 0) is 24.3 Å². The monoisotopic (exact) mass is 348 g/mol. The number of amides is 1. The Kier molecular flexibility index (Phi) is 4.51. The molecule has 0 fully saturated rings. The highest BCUT2D eigenvalue weighted by Gasteiger charge is 2.33. The molecule has 1 amide bonds. The zero-order valence-corrected chi connectivity index (χ0v) is 13.7. The molecule has 0 radical (unpaired) electrons. The largest absolute Gasteiger partial charge is 0.504 e. The number of nitrogens with zero attached hydrogens (tertiary/aromatic N) is 1. The fraction of sp³-hybridized carbons (Fsp3) is 0.235. The molecule has 0 aliphatic carbocycles. The van der Waals surface area contributed by atoms with Crippen LogP contribution in [0.5, 0.6) is 11.5 Å². The third-order valence-electron chi connectivity index (χ3n) is 3.94. The standard InChI is InChI=1S/C17H17ClN2O4/c1-24-7-6-20-16(10-8-12(18)15(22)14(21)9-10)19-13-5-3-2-4-11(13)17(20)23/h2-5,8-9,16,19,21-22H,6-7H2,1H3/t16-/m1/s1. The number of phenolic OH excluding ortho intramolecular Hbond substituents is 2. The van der Waals surface area contributed by atoms with E-state index >= 15 is 0 Å². The van der Waals surface area contributed by atoms with Gasteiger partial charge in [-0.15, -0.1) is 0 Å². The van der Waals surface area contributed by atoms with Crippen molar-refractivity contribution in [3.63, 3.8) is 0 Å². The van der Waals surface area contributed by atoms with Crippen molar-refractivity contribution < 1.29 is 19.7 Å². The van der Waals surface area contributed by atoms with E-state index < -0.39 is 6.17 Å². The summed E-state index contributed by atoms with van der Waals surface area (Å²) in [6.45, 7) is 0.727. The van der Waals surface area contributed by atoms with E-state index in [0.29, 0.717) is 30.0 Å². The summed E-state index contributed by atoms with van der Waals surface area (Å²) in [7, 11) is 1.56. The SMILES string of the molecule is COCCN1C(=O)c2ccccc2N[C@H]1c1cc(O)c(O)c(Cl)c1. The molecule has 1 aliphatic heterocycles. The fourth-order valence-corrected chi connectivity index (χ4v) is 2.96. The molecule has 2 aromatic carbocycles. The van der Waals surface area contributed by atoms with Crippen LogP contribution in [0.2, 0.25) is 5.02 Å². The summed E-state index contributed by atoms with van der Waals surface area (Å²) in [4.78, 5) is 14.4. The maximum Gasteiger partial charge on any atom is 0.257 e. The zero-order valence-electron chi connectivity index (χ0n) is 13.0. The zero-order chi connectivity index (χ0) is 17.3. The summed E-state index contributed by atoms with van der Waals surface area (Å²) in [5.74, 6) is -0.862. The molecule has 0 spiro atoms. The molecule has 24 heavy (non-hydrogen) atoms. The van der Waals surface area contributed by atoms with Crippen molar-refractivity contribution >= 4 is 23.2 Å². The lowest BCUT2D eigenvalue weighted by Gasteiger charge is -2.38. The molecule has 0 aromatic heterocycles. The second-order valence-corrected chi connectivity index (χ2v) is 5.86. The second kappa shape index (κ2) is 6.59. The minimum atomic E-state index is -0.536. The molecule has 1 heterocycles. The number of fused-ring (bicyclic) bond motifs is 1. The molecule has 0 saturated heterocycles. The van der Waals surface area contributed by atoms with E-state index in [2.05, 4.69) is 5.32 Å². The van der Waals surface area contributed by atoms with Gasteiger partial charge in [0.25, 0.3) is 5.91 Å². The number of carbonyl (C=O) groups excluding carboxylic acids is 1. The predicted octanol–water partition coefficient (Wildman–Crippen LogP) is 2.96. The van der Waals surface area contributed by atoms with Crippen molar-refractivity contribution in [2.24, 2.45) is 0 Å². The molecule has 2 aromatic rings. The van der Waals surface area contributed by atoms with Crippen molar-refractivity contribution in [1.82, 2.24) is 4.90 Å². The minimum Gasteiger partial charge on any atom is -0.504 e. The summed E-state index contributed by atoms with van der Waals surface area (Å²) in [6.07, 6.45) is -0.536. The van der Waals surface area contributed by atoms with Crippen molar-refractivity contribution in [2.45, 2.75) is 6.17 Å². The number of rotatable bonds is 4. The van der Waals surface area contributed by atoms with Crippen molar-refractivity contribution in [1.29, 1.82) is 0 Å². The molecule has 1 atom stereocenters. The predicted molar refractivity (Wildman–Crippen MR) is 90.5 cm³/mol. The molecule has 0 unspecified atom stereocenters. The first-order valence-corrected chi connectivity index (χ1v) is 7.77. The maximum absolute atomic E-state index is 12.8. The first-order chi connectivity index (χ1) is 11.5. The van der Waals surface area contributed by atoms with E-state index in [0.717, 1.165) is 0 Å². The van der Waals surface area contributed by atoms with E-state index in [1.807, 2.05) is 12.1 Å². The second-order valence-electron chi connectivity index (χ2n) is 5.45. The number of phenols is 2. The van der Waals surface area contributed by atoms with Crippen LogP contribution in [0.1, 0.15) is 22.1 Å². The van der Waals surface area contributed by atoms with Crippen LogP contribution >= 0.6 is 11.6 Å². The molecule has 3 rings (SSSR count). The van der Waals surface area contributed by atoms with Gasteiger partial charge < -0.3 is 25.2 Å². The number of ether oxygens (including phenoxy) is 1. The summed E-state index contributed by atoms with van der Waals surface area (Å²) in [5.41, 5.74) is 1.83. The molecule has 6 nitrogen and oxygen atoms in total. The average molecular weight is 349 g/mol. The molecule has 0 bridgehead atoms. The van der Waals surface area contributed by atoms with Crippen LogP contribution in [0.4, 0.5) is 5.69 Å². The van der Waals surface area contributed by atoms with Crippen LogP contribution < -0.4 is 5.32 Å². The Labute approximate surface area is 144 Å². The van der Waals surface area contributed by atoms with Gasteiger partial charge in [-0.25, -0.2) is 0 Å². The number of hydrogen-bond acceptors (Lipinski definition) is 5. The molecular formula is C17H17ClN2O4. The van der Waals surface area contributed by atoms with E-state index in [1.165, 1.54) is 12.1 Å². The number of halogens is 1. The van der Waals surface area contributed by atoms with Gasteiger partial charge in [0.1, 0.15) is 6.17 Å². The van der Waals surface area contributed by atoms with E-state index in [9.17, 15) is 15.0 Å². The Morgan fingerprint density at radius 3 is 2.75 bits per heavy atom. The molecule has 0 saturated carbocycles. The number of aromatic hydroxyl groups is 2. The van der Waals surface area contributed by atoms with Crippen molar-refractivity contribution in [3.8, 4) is 11.5 Å². The number of para-hydroxylation sites is 1. The Bertz CT molecular complexity index is 758. The van der Waals surface area contributed by atoms with Crippen LogP contribution in [-0.4, -0.2) is 41.3 Å². The van der Waals surface area contributed by atoms with Gasteiger partial charge in [0.15, 0.2) is 11.5 Å². The minimum absolute atomic E-state index is 0.0183. The number of hydrogen-bond donors (Lipinski definition) is 3. The lowest BCUT2D eigenvalue weighted by atomic mass is 10.0. The van der Waals surface area contributed by atoms with Gasteiger partial charge in [0.05, 0.1) is 17.2 Å². The Balaban J connectivity index is 2.05. The number of anilines is 1. The quantitative estimate of drug-likeness (QED) is 0.740. The fourth-order valence-electron chi connectivity index (χ4n) is 2.74. The highest BCUT2D eigenvalue weighted by Crippen LogP contribution is 2.39. The summed E-state index contributed by atoms with van der Waals surface area (Å²) < 4.78 is 5.09. The summed E-state index contributed by atoms with van der Waals surface area (Å²) >= 11 is 5.96. The molecule has 126 valence electrons. The molecular weight excluding hydrogens is 332 g/mol. The van der Waals surface area contributed by atoms with Gasteiger partial charge in [0, 0.05) is 24.9 Å². The maximum atomic E-state index is 12.8. The van der Waals surface area contributed by atoms with Gasteiger partial charge in [-0.1, -0.05) is 23.7 Å². The lowest BCUT2D eigenvalue weighted by molar-refractivity contribution is 0.0609. The van der Waals surface area contributed by atoms with Crippen molar-refractivity contribution in [2.75, 3.05) is 25.6 Å². The van der Waals surface area contributed by atoms with Crippen LogP contribution in [-0.2, 0) is 4.74 Å². The number of carbonyl (C=O) groups is 1. The third-order valence-corrected chi connectivity index (χ3v) is 4.23. The molecule has 3 N–H and O–H groups in total. The van der Waals surface area contributed by atoms with Gasteiger partial charge >= 0.3 is 0 Å². The van der Waals surface area contributed by atoms with Crippen LogP contribution in [0.3, 0.4) is 0 Å². The topological polar surface area (TPSA) is 82.0 Å². The summed E-state index contributed by atoms with van der Waals surface area (Å²) in [5, 5.41) is 22.8. The number of nitrogens with one attached hydrogen (secondary N) is 1. The third kappa shape index (κ3) is 2.86. The highest BCUT2D eigenvalue weighted by molar-refractivity contribution is 6.32. The molecule has 7 heteroatoms. The van der Waals surface area contributed by atoms with Crippen LogP contribution in [0.25, 0.3) is 0 Å². The van der Waals surface area contributed by atoms with Gasteiger partial charge in [0.2, 0.25) is 0 Å². The first kappa shape index (κ1) is 16.4. The Hall–Kier alpha value is -2.44. The summed E-state index contributed by atoms with van der Waals surface area (Å²) in [6, 6.07) is 10.1. The lowest BCUT2D eigenvalue weighted by Crippen LogP contribution is -2.44. The normalized spacial score (nSPS) is 16.7. The van der Waals surface area contributed by atoms with E-state index in [1.54, 1.807) is 24.1 Å². The van der Waals surface area contributed by atoms with Crippen molar-refractivity contribution in [3.05, 3.63) is 52.5 Å². The van der Waals surface area contributed by atoms with E-state index in [-0.39, 0.29) is 22.4 Å². The first-order valence-electron chi connectivity index (χ1n) is 7.39. The van der Waals surface area contributed by atoms with E-state index in [4.69, 9.17) is 16.3 Å².